The number of hydrogen-bond acceptors (Lipinski definition) is 4. The lowest BCUT2D eigenvalue weighted by Gasteiger charge is -2.06. The van der Waals surface area contributed by atoms with Crippen molar-refractivity contribution < 1.29 is 0 Å². The summed E-state index contributed by atoms with van der Waals surface area (Å²) in [5, 5.41) is 5.15. The van der Waals surface area contributed by atoms with E-state index < -0.39 is 0 Å². The molecule has 0 amide bonds. The van der Waals surface area contributed by atoms with E-state index in [2.05, 4.69) is 28.7 Å². The van der Waals surface area contributed by atoms with Crippen LogP contribution in [0.4, 0.5) is 5.82 Å². The zero-order valence-electron chi connectivity index (χ0n) is 9.93. The van der Waals surface area contributed by atoms with Crippen LogP contribution in [0.3, 0.4) is 0 Å². The first kappa shape index (κ1) is 11.9. The van der Waals surface area contributed by atoms with Crippen LogP contribution in [0.15, 0.2) is 28.6 Å². The van der Waals surface area contributed by atoms with Crippen molar-refractivity contribution in [1.82, 2.24) is 9.55 Å². The molecule has 0 saturated heterocycles. The SMILES string of the molecule is CCn1ccnc(NCc2sccc2C)c1=O. The molecule has 17 heavy (non-hydrogen) atoms. The van der Waals surface area contributed by atoms with Crippen LogP contribution < -0.4 is 10.9 Å². The van der Waals surface area contributed by atoms with Gasteiger partial charge in [0.15, 0.2) is 5.82 Å². The van der Waals surface area contributed by atoms with E-state index in [1.54, 1.807) is 28.3 Å². The van der Waals surface area contributed by atoms with Gasteiger partial charge in [-0.15, -0.1) is 11.3 Å². The molecule has 90 valence electrons. The number of hydrogen-bond donors (Lipinski definition) is 1. The van der Waals surface area contributed by atoms with Crippen molar-refractivity contribution in [2.45, 2.75) is 26.9 Å². The maximum atomic E-state index is 11.9. The Morgan fingerprint density at radius 2 is 2.35 bits per heavy atom. The van der Waals surface area contributed by atoms with Gasteiger partial charge in [0.2, 0.25) is 0 Å². The lowest BCUT2D eigenvalue weighted by Crippen LogP contribution is -2.23. The number of nitrogens with one attached hydrogen (secondary N) is 1. The summed E-state index contributed by atoms with van der Waals surface area (Å²) in [5.74, 6) is 0.419. The molecule has 2 aromatic heterocycles. The molecular formula is C12H15N3OS. The zero-order valence-corrected chi connectivity index (χ0v) is 10.8. The minimum Gasteiger partial charge on any atom is -0.361 e. The highest BCUT2D eigenvalue weighted by molar-refractivity contribution is 7.10. The Morgan fingerprint density at radius 3 is 3.00 bits per heavy atom. The highest BCUT2D eigenvalue weighted by Crippen LogP contribution is 2.15. The first-order valence-corrected chi connectivity index (χ1v) is 6.42. The van der Waals surface area contributed by atoms with E-state index >= 15 is 0 Å². The molecule has 0 aliphatic carbocycles. The van der Waals surface area contributed by atoms with Crippen LogP contribution in [0, 0.1) is 6.92 Å². The fraction of sp³-hybridized carbons (Fsp3) is 0.333. The first-order valence-electron chi connectivity index (χ1n) is 5.54. The van der Waals surface area contributed by atoms with Crippen LogP contribution in [0.2, 0.25) is 0 Å². The summed E-state index contributed by atoms with van der Waals surface area (Å²) in [6.45, 7) is 5.32. The standard InChI is InChI=1S/C12H15N3OS/c1-3-15-6-5-13-11(12(15)16)14-8-10-9(2)4-7-17-10/h4-7H,3,8H2,1-2H3,(H,13,14). The first-order chi connectivity index (χ1) is 8.22. The van der Waals surface area contributed by atoms with Gasteiger partial charge >= 0.3 is 0 Å². The summed E-state index contributed by atoms with van der Waals surface area (Å²) < 4.78 is 1.64. The quantitative estimate of drug-likeness (QED) is 0.904. The van der Waals surface area contributed by atoms with E-state index in [1.165, 1.54) is 10.4 Å². The average Bonchev–Trinajstić information content (AvgIpc) is 2.74. The van der Waals surface area contributed by atoms with Crippen LogP contribution in [0.1, 0.15) is 17.4 Å². The minimum atomic E-state index is -0.0655. The predicted octanol–water partition coefficient (Wildman–Crippen LogP) is 2.25. The second-order valence-corrected chi connectivity index (χ2v) is 4.75. The van der Waals surface area contributed by atoms with Crippen molar-refractivity contribution in [2.24, 2.45) is 0 Å². The molecule has 1 N–H and O–H groups in total. The number of rotatable bonds is 4. The third kappa shape index (κ3) is 2.55. The fourth-order valence-corrected chi connectivity index (χ4v) is 2.41. The third-order valence-electron chi connectivity index (χ3n) is 2.64. The molecule has 0 radical (unpaired) electrons. The lowest BCUT2D eigenvalue weighted by atomic mass is 10.3. The maximum absolute atomic E-state index is 11.9. The molecule has 0 fully saturated rings. The van der Waals surface area contributed by atoms with Crippen molar-refractivity contribution in [3.05, 3.63) is 44.6 Å². The van der Waals surface area contributed by atoms with Gasteiger partial charge < -0.3 is 9.88 Å². The number of anilines is 1. The van der Waals surface area contributed by atoms with E-state index in [-0.39, 0.29) is 5.56 Å². The molecule has 5 heteroatoms. The van der Waals surface area contributed by atoms with E-state index in [9.17, 15) is 4.79 Å². The molecule has 2 aromatic rings. The summed E-state index contributed by atoms with van der Waals surface area (Å²) in [5.41, 5.74) is 1.18. The fourth-order valence-electron chi connectivity index (χ4n) is 1.57. The van der Waals surface area contributed by atoms with Crippen LogP contribution >= 0.6 is 11.3 Å². The molecule has 0 aliphatic rings. The number of aryl methyl sites for hydroxylation is 2. The van der Waals surface area contributed by atoms with Gasteiger partial charge in [0, 0.05) is 23.8 Å². The second-order valence-electron chi connectivity index (χ2n) is 3.75. The molecule has 0 unspecified atom stereocenters. The molecule has 0 aromatic carbocycles. The Balaban J connectivity index is 2.15. The monoisotopic (exact) mass is 249 g/mol. The Labute approximate surface area is 104 Å². The number of aromatic nitrogens is 2. The third-order valence-corrected chi connectivity index (χ3v) is 3.66. The van der Waals surface area contributed by atoms with Crippen LogP contribution in [0.5, 0.6) is 0 Å². The number of nitrogens with zero attached hydrogens (tertiary/aromatic N) is 2. The van der Waals surface area contributed by atoms with Gasteiger partial charge in [-0.3, -0.25) is 4.79 Å². The van der Waals surface area contributed by atoms with E-state index in [0.29, 0.717) is 18.9 Å². The Bertz CT molecular complexity index is 559. The van der Waals surface area contributed by atoms with Gasteiger partial charge in [0.1, 0.15) is 0 Å². The predicted molar refractivity (Wildman–Crippen MR) is 70.6 cm³/mol. The van der Waals surface area contributed by atoms with Crippen molar-refractivity contribution in [2.75, 3.05) is 5.32 Å². The van der Waals surface area contributed by atoms with Crippen molar-refractivity contribution in [3.63, 3.8) is 0 Å². The van der Waals surface area contributed by atoms with Gasteiger partial charge in [-0.2, -0.15) is 0 Å². The Morgan fingerprint density at radius 1 is 1.53 bits per heavy atom. The summed E-state index contributed by atoms with van der Waals surface area (Å²) >= 11 is 1.69. The lowest BCUT2D eigenvalue weighted by molar-refractivity contribution is 0.718. The van der Waals surface area contributed by atoms with Crippen molar-refractivity contribution in [1.29, 1.82) is 0 Å². The molecule has 0 aliphatic heterocycles. The second kappa shape index (κ2) is 5.14. The highest BCUT2D eigenvalue weighted by Gasteiger charge is 2.04. The average molecular weight is 249 g/mol. The zero-order chi connectivity index (χ0) is 12.3. The smallest absolute Gasteiger partial charge is 0.293 e. The summed E-state index contributed by atoms with van der Waals surface area (Å²) in [7, 11) is 0. The van der Waals surface area contributed by atoms with Crippen molar-refractivity contribution >= 4 is 17.2 Å². The van der Waals surface area contributed by atoms with E-state index in [0.717, 1.165) is 0 Å². The van der Waals surface area contributed by atoms with Gasteiger partial charge in [0.25, 0.3) is 5.56 Å². The summed E-state index contributed by atoms with van der Waals surface area (Å²) in [6.07, 6.45) is 3.35. The molecule has 0 bridgehead atoms. The van der Waals surface area contributed by atoms with Crippen LogP contribution in [-0.4, -0.2) is 9.55 Å². The molecule has 2 heterocycles. The molecule has 4 nitrogen and oxygen atoms in total. The van der Waals surface area contributed by atoms with Crippen molar-refractivity contribution in [3.8, 4) is 0 Å². The Kier molecular flexibility index (Phi) is 3.58. The maximum Gasteiger partial charge on any atom is 0.293 e. The Hall–Kier alpha value is -1.62. The van der Waals surface area contributed by atoms with E-state index in [4.69, 9.17) is 0 Å². The topological polar surface area (TPSA) is 46.9 Å². The van der Waals surface area contributed by atoms with Gasteiger partial charge in [-0.1, -0.05) is 0 Å². The number of thiophene rings is 1. The summed E-state index contributed by atoms with van der Waals surface area (Å²) in [4.78, 5) is 17.2. The molecule has 0 saturated carbocycles. The largest absolute Gasteiger partial charge is 0.361 e. The van der Waals surface area contributed by atoms with Gasteiger partial charge in [-0.25, -0.2) is 4.98 Å². The van der Waals surface area contributed by atoms with Crippen LogP contribution in [0.25, 0.3) is 0 Å². The highest BCUT2D eigenvalue weighted by atomic mass is 32.1. The van der Waals surface area contributed by atoms with Crippen LogP contribution in [-0.2, 0) is 13.1 Å². The minimum absolute atomic E-state index is 0.0655. The summed E-state index contributed by atoms with van der Waals surface area (Å²) in [6, 6.07) is 2.07. The molecule has 0 atom stereocenters. The normalized spacial score (nSPS) is 10.5. The molecule has 2 rings (SSSR count). The van der Waals surface area contributed by atoms with Gasteiger partial charge in [-0.05, 0) is 30.9 Å². The molecular weight excluding hydrogens is 234 g/mol. The van der Waals surface area contributed by atoms with E-state index in [1.807, 2.05) is 6.92 Å². The van der Waals surface area contributed by atoms with Gasteiger partial charge in [0.05, 0.1) is 6.54 Å². The molecule has 0 spiro atoms.